The van der Waals surface area contributed by atoms with E-state index in [1.54, 1.807) is 7.11 Å². The Labute approximate surface area is 175 Å². The maximum absolute atomic E-state index is 6.02. The molecular weight excluding hydrogens is 384 g/mol. The summed E-state index contributed by atoms with van der Waals surface area (Å²) in [5, 5.41) is 0.748. The van der Waals surface area contributed by atoms with Crippen LogP contribution in [-0.4, -0.2) is 23.3 Å². The molecule has 4 rings (SSSR count). The van der Waals surface area contributed by atoms with Crippen LogP contribution in [0.5, 0.6) is 11.5 Å². The summed E-state index contributed by atoms with van der Waals surface area (Å²) in [4.78, 5) is 4.86. The van der Waals surface area contributed by atoms with Crippen LogP contribution in [0.25, 0.3) is 11.0 Å². The van der Waals surface area contributed by atoms with Crippen LogP contribution in [0.2, 0.25) is 5.02 Å². The molecule has 5 heteroatoms. The smallest absolute Gasteiger partial charge is 0.119 e. The van der Waals surface area contributed by atoms with Gasteiger partial charge in [-0.2, -0.15) is 0 Å². The van der Waals surface area contributed by atoms with Gasteiger partial charge in [0.25, 0.3) is 0 Å². The van der Waals surface area contributed by atoms with Crippen molar-refractivity contribution in [3.8, 4) is 11.5 Å². The van der Waals surface area contributed by atoms with Gasteiger partial charge in [0.2, 0.25) is 0 Å². The largest absolute Gasteiger partial charge is 0.497 e. The van der Waals surface area contributed by atoms with Crippen LogP contribution in [0.15, 0.2) is 72.8 Å². The Kier molecular flexibility index (Phi) is 6.01. The van der Waals surface area contributed by atoms with Crippen LogP contribution in [0.4, 0.5) is 0 Å². The molecule has 0 fully saturated rings. The number of aryl methyl sites for hydroxylation is 1. The van der Waals surface area contributed by atoms with Gasteiger partial charge < -0.3 is 14.0 Å². The third-order valence-corrected chi connectivity index (χ3v) is 5.12. The van der Waals surface area contributed by atoms with Crippen molar-refractivity contribution in [3.63, 3.8) is 0 Å². The number of aromatic nitrogens is 2. The molecule has 4 aromatic rings. The average Bonchev–Trinajstić information content (AvgIpc) is 3.10. The summed E-state index contributed by atoms with van der Waals surface area (Å²) in [6.07, 6.45) is 1.66. The maximum Gasteiger partial charge on any atom is 0.119 e. The predicted molar refractivity (Wildman–Crippen MR) is 117 cm³/mol. The van der Waals surface area contributed by atoms with Gasteiger partial charge in [0, 0.05) is 18.0 Å². The quantitative estimate of drug-likeness (QED) is 0.349. The van der Waals surface area contributed by atoms with Gasteiger partial charge in [0.15, 0.2) is 0 Å². The lowest BCUT2D eigenvalue weighted by Crippen LogP contribution is -2.08. The summed E-state index contributed by atoms with van der Waals surface area (Å²) in [6.45, 7) is 1.48. The fourth-order valence-electron chi connectivity index (χ4n) is 3.38. The lowest BCUT2D eigenvalue weighted by molar-refractivity contribution is 0.301. The number of imidazole rings is 1. The number of hydrogen-bond donors (Lipinski definition) is 0. The fourth-order valence-corrected chi connectivity index (χ4v) is 3.51. The summed E-state index contributed by atoms with van der Waals surface area (Å²) >= 11 is 6.02. The first-order chi connectivity index (χ1) is 14.2. The zero-order valence-electron chi connectivity index (χ0n) is 16.3. The van der Waals surface area contributed by atoms with Crippen molar-refractivity contribution in [2.24, 2.45) is 0 Å². The molecule has 0 aliphatic heterocycles. The number of para-hydroxylation sites is 2. The molecule has 4 nitrogen and oxygen atoms in total. The minimum absolute atomic E-state index is 0.638. The molecule has 0 spiro atoms. The SMILES string of the molecule is COc1ccc(OCCCn2c(Cc3ccc(Cl)cc3)nc3ccccc32)cc1. The first-order valence-electron chi connectivity index (χ1n) is 9.68. The van der Waals surface area contributed by atoms with Crippen LogP contribution >= 0.6 is 11.6 Å². The van der Waals surface area contributed by atoms with E-state index in [-0.39, 0.29) is 0 Å². The average molecular weight is 407 g/mol. The third-order valence-electron chi connectivity index (χ3n) is 4.86. The number of nitrogens with zero attached hydrogens (tertiary/aromatic N) is 2. The summed E-state index contributed by atoms with van der Waals surface area (Å²) in [5.74, 6) is 2.73. The summed E-state index contributed by atoms with van der Waals surface area (Å²) in [7, 11) is 1.66. The topological polar surface area (TPSA) is 36.3 Å². The maximum atomic E-state index is 6.02. The Balaban J connectivity index is 1.45. The van der Waals surface area contributed by atoms with E-state index in [4.69, 9.17) is 26.1 Å². The van der Waals surface area contributed by atoms with Crippen LogP contribution in [0.3, 0.4) is 0 Å². The molecule has 0 radical (unpaired) electrons. The standard InChI is InChI=1S/C24H23ClN2O2/c1-28-20-11-13-21(14-12-20)29-16-4-15-27-23-6-3-2-5-22(23)26-24(27)17-18-7-9-19(25)10-8-18/h2-3,5-14H,4,15-17H2,1H3. The number of ether oxygens (including phenoxy) is 2. The molecule has 1 heterocycles. The van der Waals surface area contributed by atoms with Gasteiger partial charge in [-0.25, -0.2) is 4.98 Å². The van der Waals surface area contributed by atoms with Crippen LogP contribution in [0, 0.1) is 0 Å². The Hall–Kier alpha value is -2.98. The van der Waals surface area contributed by atoms with Crippen LogP contribution in [0.1, 0.15) is 17.8 Å². The summed E-state index contributed by atoms with van der Waals surface area (Å²) in [6, 6.07) is 23.9. The van der Waals surface area contributed by atoms with E-state index in [1.807, 2.05) is 42.5 Å². The van der Waals surface area contributed by atoms with Crippen molar-refractivity contribution in [3.05, 3.63) is 89.2 Å². The highest BCUT2D eigenvalue weighted by Crippen LogP contribution is 2.21. The number of methoxy groups -OCH3 is 1. The Bertz CT molecular complexity index is 1070. The van der Waals surface area contributed by atoms with Gasteiger partial charge in [-0.3, -0.25) is 0 Å². The highest BCUT2D eigenvalue weighted by Gasteiger charge is 2.11. The molecule has 0 aliphatic carbocycles. The van der Waals surface area contributed by atoms with E-state index >= 15 is 0 Å². The van der Waals surface area contributed by atoms with Gasteiger partial charge in [0.05, 0.1) is 24.8 Å². The fraction of sp³-hybridized carbons (Fsp3) is 0.208. The van der Waals surface area contributed by atoms with Crippen molar-refractivity contribution in [2.45, 2.75) is 19.4 Å². The van der Waals surface area contributed by atoms with Crippen molar-refractivity contribution in [1.29, 1.82) is 0 Å². The lowest BCUT2D eigenvalue weighted by atomic mass is 10.1. The van der Waals surface area contributed by atoms with Crippen molar-refractivity contribution < 1.29 is 9.47 Å². The molecule has 148 valence electrons. The van der Waals surface area contributed by atoms with Gasteiger partial charge in [-0.15, -0.1) is 0 Å². The van der Waals surface area contributed by atoms with Crippen molar-refractivity contribution >= 4 is 22.6 Å². The lowest BCUT2D eigenvalue weighted by Gasteiger charge is -2.11. The molecule has 0 unspecified atom stereocenters. The van der Waals surface area contributed by atoms with Gasteiger partial charge in [0.1, 0.15) is 17.3 Å². The normalized spacial score (nSPS) is 11.0. The highest BCUT2D eigenvalue weighted by molar-refractivity contribution is 6.30. The Morgan fingerprint density at radius 3 is 2.38 bits per heavy atom. The monoisotopic (exact) mass is 406 g/mol. The molecule has 0 amide bonds. The Morgan fingerprint density at radius 2 is 1.62 bits per heavy atom. The van der Waals surface area contributed by atoms with E-state index in [1.165, 1.54) is 5.56 Å². The molecule has 0 atom stereocenters. The number of rotatable bonds is 8. The molecule has 0 saturated carbocycles. The molecule has 0 N–H and O–H groups in total. The molecule has 0 aliphatic rings. The first-order valence-corrected chi connectivity index (χ1v) is 10.1. The minimum atomic E-state index is 0.638. The number of hydrogen-bond acceptors (Lipinski definition) is 3. The van der Waals surface area contributed by atoms with Crippen molar-refractivity contribution in [1.82, 2.24) is 9.55 Å². The second kappa shape index (κ2) is 9.01. The summed E-state index contributed by atoms with van der Waals surface area (Å²) < 4.78 is 13.4. The third kappa shape index (κ3) is 4.72. The van der Waals surface area contributed by atoms with Gasteiger partial charge in [-0.05, 0) is 60.5 Å². The second-order valence-corrected chi connectivity index (χ2v) is 7.29. The van der Waals surface area contributed by atoms with Crippen LogP contribution in [-0.2, 0) is 13.0 Å². The molecule has 29 heavy (non-hydrogen) atoms. The Morgan fingerprint density at radius 1 is 0.897 bits per heavy atom. The van der Waals surface area contributed by atoms with Gasteiger partial charge in [-0.1, -0.05) is 35.9 Å². The number of benzene rings is 3. The van der Waals surface area contributed by atoms with E-state index in [0.717, 1.165) is 52.8 Å². The van der Waals surface area contributed by atoms with Crippen molar-refractivity contribution in [2.75, 3.05) is 13.7 Å². The highest BCUT2D eigenvalue weighted by atomic mass is 35.5. The van der Waals surface area contributed by atoms with E-state index < -0.39 is 0 Å². The zero-order valence-corrected chi connectivity index (χ0v) is 17.1. The zero-order chi connectivity index (χ0) is 20.1. The molecule has 1 aromatic heterocycles. The van der Waals surface area contributed by atoms with E-state index in [2.05, 4.69) is 34.9 Å². The van der Waals surface area contributed by atoms with E-state index in [9.17, 15) is 0 Å². The molecule has 3 aromatic carbocycles. The predicted octanol–water partition coefficient (Wildman–Crippen LogP) is 5.76. The number of halogens is 1. The summed E-state index contributed by atoms with van der Waals surface area (Å²) in [5.41, 5.74) is 3.37. The number of fused-ring (bicyclic) bond motifs is 1. The van der Waals surface area contributed by atoms with Crippen LogP contribution < -0.4 is 9.47 Å². The molecule has 0 bridgehead atoms. The minimum Gasteiger partial charge on any atom is -0.497 e. The van der Waals surface area contributed by atoms with Gasteiger partial charge >= 0.3 is 0 Å². The first kappa shape index (κ1) is 19.3. The molecule has 0 saturated heterocycles. The molecular formula is C24H23ClN2O2. The van der Waals surface area contributed by atoms with E-state index in [0.29, 0.717) is 6.61 Å². The second-order valence-electron chi connectivity index (χ2n) is 6.85.